The molecule has 0 bridgehead atoms. The number of hydrogen-bond acceptors (Lipinski definition) is 2. The van der Waals surface area contributed by atoms with Crippen LogP contribution in [-0.2, 0) is 16.0 Å². The summed E-state index contributed by atoms with van der Waals surface area (Å²) >= 11 is 0. The fourth-order valence-electron chi connectivity index (χ4n) is 3.04. The first-order valence-corrected chi connectivity index (χ1v) is 9.02. The number of aryl methyl sites for hydroxylation is 1. The predicted molar refractivity (Wildman–Crippen MR) is 110 cm³/mol. The van der Waals surface area contributed by atoms with E-state index in [0.29, 0.717) is 0 Å². The molecule has 0 heterocycles. The van der Waals surface area contributed by atoms with Crippen LogP contribution in [0.3, 0.4) is 0 Å². The summed E-state index contributed by atoms with van der Waals surface area (Å²) < 4.78 is 0. The van der Waals surface area contributed by atoms with E-state index in [4.69, 9.17) is 0 Å². The minimum Gasteiger partial charge on any atom is -0.336 e. The average Bonchev–Trinajstić information content (AvgIpc) is 2.65. The molecule has 0 aliphatic rings. The van der Waals surface area contributed by atoms with Crippen LogP contribution in [0.1, 0.15) is 16.7 Å². The highest BCUT2D eigenvalue weighted by Gasteiger charge is 2.14. The second-order valence-corrected chi connectivity index (χ2v) is 6.90. The van der Waals surface area contributed by atoms with Crippen molar-refractivity contribution in [3.8, 4) is 0 Å². The highest BCUT2D eigenvalue weighted by atomic mass is 16.2. The minimum absolute atomic E-state index is 0.0276. The van der Waals surface area contributed by atoms with Crippen molar-refractivity contribution in [2.45, 2.75) is 20.3 Å². The number of rotatable bonds is 5. The molecule has 0 aromatic heterocycles. The summed E-state index contributed by atoms with van der Waals surface area (Å²) in [5.41, 5.74) is 3.89. The SMILES string of the molecule is Cc1cccc(NC(=O)CN(C)C(=O)Cc2ccc3ccccc3c2)c1C. The second kappa shape index (κ2) is 8.04. The summed E-state index contributed by atoms with van der Waals surface area (Å²) in [6.45, 7) is 4.00. The molecule has 4 heteroatoms. The van der Waals surface area contributed by atoms with Crippen molar-refractivity contribution >= 4 is 28.3 Å². The Bertz CT molecular complexity index is 995. The molecule has 0 spiro atoms. The molecule has 2 amide bonds. The smallest absolute Gasteiger partial charge is 0.243 e. The first-order chi connectivity index (χ1) is 12.9. The molecule has 0 radical (unpaired) electrons. The Hall–Kier alpha value is -3.14. The molecule has 0 atom stereocenters. The Morgan fingerprint density at radius 3 is 2.44 bits per heavy atom. The molecule has 0 saturated heterocycles. The zero-order chi connectivity index (χ0) is 19.4. The fourth-order valence-corrected chi connectivity index (χ4v) is 3.04. The van der Waals surface area contributed by atoms with Gasteiger partial charge in [0.15, 0.2) is 0 Å². The molecule has 0 aliphatic heterocycles. The van der Waals surface area contributed by atoms with Crippen molar-refractivity contribution in [1.29, 1.82) is 0 Å². The Morgan fingerprint density at radius 1 is 0.926 bits per heavy atom. The van der Waals surface area contributed by atoms with E-state index in [9.17, 15) is 9.59 Å². The van der Waals surface area contributed by atoms with Crippen molar-refractivity contribution in [3.05, 3.63) is 77.4 Å². The second-order valence-electron chi connectivity index (χ2n) is 6.90. The van der Waals surface area contributed by atoms with E-state index in [0.717, 1.165) is 33.2 Å². The van der Waals surface area contributed by atoms with Crippen molar-refractivity contribution in [3.63, 3.8) is 0 Å². The van der Waals surface area contributed by atoms with Gasteiger partial charge in [-0.1, -0.05) is 54.6 Å². The topological polar surface area (TPSA) is 49.4 Å². The number of carbonyl (C=O) groups is 2. The maximum absolute atomic E-state index is 12.5. The van der Waals surface area contributed by atoms with E-state index in [1.54, 1.807) is 7.05 Å². The van der Waals surface area contributed by atoms with Gasteiger partial charge in [0.05, 0.1) is 13.0 Å². The van der Waals surface area contributed by atoms with Gasteiger partial charge in [0, 0.05) is 12.7 Å². The zero-order valence-corrected chi connectivity index (χ0v) is 16.0. The van der Waals surface area contributed by atoms with Gasteiger partial charge in [0.2, 0.25) is 11.8 Å². The molecule has 1 N–H and O–H groups in total. The number of nitrogens with one attached hydrogen (secondary N) is 1. The van der Waals surface area contributed by atoms with Crippen molar-refractivity contribution in [2.24, 2.45) is 0 Å². The van der Waals surface area contributed by atoms with Gasteiger partial charge in [-0.25, -0.2) is 0 Å². The molecule has 27 heavy (non-hydrogen) atoms. The zero-order valence-electron chi connectivity index (χ0n) is 16.0. The lowest BCUT2D eigenvalue weighted by atomic mass is 10.0. The summed E-state index contributed by atoms with van der Waals surface area (Å²) in [6, 6.07) is 19.9. The fraction of sp³-hybridized carbons (Fsp3) is 0.217. The molecule has 138 valence electrons. The Morgan fingerprint density at radius 2 is 1.67 bits per heavy atom. The summed E-state index contributed by atoms with van der Waals surface area (Å²) in [7, 11) is 1.66. The van der Waals surface area contributed by atoms with Crippen molar-refractivity contribution in [1.82, 2.24) is 4.90 Å². The molecule has 3 aromatic rings. The van der Waals surface area contributed by atoms with E-state index in [1.165, 1.54) is 4.90 Å². The third-order valence-corrected chi connectivity index (χ3v) is 4.85. The molecule has 0 saturated carbocycles. The van der Waals surface area contributed by atoms with Crippen molar-refractivity contribution < 1.29 is 9.59 Å². The standard InChI is InChI=1S/C23H24N2O2/c1-16-7-6-10-21(17(16)2)24-22(26)15-25(3)23(27)14-18-11-12-19-8-4-5-9-20(19)13-18/h4-13H,14-15H2,1-3H3,(H,24,26). The van der Waals surface area contributed by atoms with Crippen LogP contribution in [0.2, 0.25) is 0 Å². The summed E-state index contributed by atoms with van der Waals surface area (Å²) in [6.07, 6.45) is 0.276. The lowest BCUT2D eigenvalue weighted by Crippen LogP contribution is -2.35. The average molecular weight is 360 g/mol. The molecular formula is C23H24N2O2. The summed E-state index contributed by atoms with van der Waals surface area (Å²) in [5.74, 6) is -0.278. The highest BCUT2D eigenvalue weighted by molar-refractivity contribution is 5.95. The van der Waals surface area contributed by atoms with Gasteiger partial charge in [-0.3, -0.25) is 9.59 Å². The third-order valence-electron chi connectivity index (χ3n) is 4.85. The quantitative estimate of drug-likeness (QED) is 0.745. The van der Waals surface area contributed by atoms with Gasteiger partial charge < -0.3 is 10.2 Å². The van der Waals surface area contributed by atoms with Crippen LogP contribution < -0.4 is 5.32 Å². The molecule has 0 fully saturated rings. The largest absolute Gasteiger partial charge is 0.336 e. The lowest BCUT2D eigenvalue weighted by Gasteiger charge is -2.18. The van der Waals surface area contributed by atoms with Gasteiger partial charge in [0.1, 0.15) is 0 Å². The number of amides is 2. The third kappa shape index (κ3) is 4.53. The summed E-state index contributed by atoms with van der Waals surface area (Å²) in [4.78, 5) is 26.3. The van der Waals surface area contributed by atoms with Crippen LogP contribution in [0.15, 0.2) is 60.7 Å². The first kappa shape index (κ1) is 18.6. The van der Waals surface area contributed by atoms with Crippen LogP contribution in [-0.4, -0.2) is 30.3 Å². The molecule has 3 rings (SSSR count). The van der Waals surface area contributed by atoms with Gasteiger partial charge in [-0.2, -0.15) is 0 Å². The number of nitrogens with zero attached hydrogens (tertiary/aromatic N) is 1. The van der Waals surface area contributed by atoms with Crippen molar-refractivity contribution in [2.75, 3.05) is 18.9 Å². The maximum Gasteiger partial charge on any atom is 0.243 e. The molecule has 0 aliphatic carbocycles. The van der Waals surface area contributed by atoms with E-state index in [-0.39, 0.29) is 24.8 Å². The first-order valence-electron chi connectivity index (χ1n) is 9.02. The highest BCUT2D eigenvalue weighted by Crippen LogP contribution is 2.18. The molecular weight excluding hydrogens is 336 g/mol. The predicted octanol–water partition coefficient (Wildman–Crippen LogP) is 4.10. The van der Waals surface area contributed by atoms with Gasteiger partial charge in [-0.15, -0.1) is 0 Å². The molecule has 0 unspecified atom stereocenters. The number of benzene rings is 3. The van der Waals surface area contributed by atoms with Gasteiger partial charge in [0.25, 0.3) is 0 Å². The van der Waals surface area contributed by atoms with Gasteiger partial charge >= 0.3 is 0 Å². The number of anilines is 1. The van der Waals surface area contributed by atoms with E-state index in [1.807, 2.05) is 74.5 Å². The van der Waals surface area contributed by atoms with Crippen LogP contribution in [0.25, 0.3) is 10.8 Å². The Balaban J connectivity index is 1.61. The minimum atomic E-state index is -0.196. The lowest BCUT2D eigenvalue weighted by molar-refractivity contribution is -0.132. The van der Waals surface area contributed by atoms with Crippen LogP contribution >= 0.6 is 0 Å². The van der Waals surface area contributed by atoms with Crippen LogP contribution in [0.5, 0.6) is 0 Å². The number of hydrogen-bond donors (Lipinski definition) is 1. The number of fused-ring (bicyclic) bond motifs is 1. The van der Waals surface area contributed by atoms with Crippen LogP contribution in [0.4, 0.5) is 5.69 Å². The Labute approximate surface area is 159 Å². The number of likely N-dealkylation sites (N-methyl/N-ethyl adjacent to an activating group) is 1. The molecule has 4 nitrogen and oxygen atoms in total. The van der Waals surface area contributed by atoms with E-state index < -0.39 is 0 Å². The number of carbonyl (C=O) groups excluding carboxylic acids is 2. The van der Waals surface area contributed by atoms with E-state index in [2.05, 4.69) is 5.32 Å². The van der Waals surface area contributed by atoms with Gasteiger partial charge in [-0.05, 0) is 47.4 Å². The maximum atomic E-state index is 12.5. The monoisotopic (exact) mass is 360 g/mol. The summed E-state index contributed by atoms with van der Waals surface area (Å²) in [5, 5.41) is 5.15. The normalized spacial score (nSPS) is 10.6. The van der Waals surface area contributed by atoms with Crippen LogP contribution in [0, 0.1) is 13.8 Å². The Kier molecular flexibility index (Phi) is 5.55. The van der Waals surface area contributed by atoms with E-state index >= 15 is 0 Å². The molecule has 3 aromatic carbocycles.